The maximum atomic E-state index is 14.5. The Labute approximate surface area is 165 Å². The average Bonchev–Trinajstić information content (AvgIpc) is 2.68. The van der Waals surface area contributed by atoms with Crippen molar-refractivity contribution >= 4 is 11.9 Å². The fraction of sp³-hybridized carbons (Fsp3) is 0.455. The van der Waals surface area contributed by atoms with E-state index < -0.39 is 11.7 Å². The first-order valence-electron chi connectivity index (χ1n) is 9.80. The third-order valence-electron chi connectivity index (χ3n) is 5.57. The summed E-state index contributed by atoms with van der Waals surface area (Å²) in [5.41, 5.74) is 7.18. The van der Waals surface area contributed by atoms with Gasteiger partial charge in [-0.25, -0.2) is 4.39 Å². The van der Waals surface area contributed by atoms with Crippen molar-refractivity contribution in [3.63, 3.8) is 0 Å². The quantitative estimate of drug-likeness (QED) is 0.806. The van der Waals surface area contributed by atoms with Crippen molar-refractivity contribution in [3.05, 3.63) is 59.1 Å². The molecular weight excluding hydrogens is 359 g/mol. The molecule has 0 radical (unpaired) electrons. The van der Waals surface area contributed by atoms with Crippen molar-refractivity contribution in [1.82, 2.24) is 4.90 Å². The third-order valence-corrected chi connectivity index (χ3v) is 5.57. The van der Waals surface area contributed by atoms with E-state index in [4.69, 9.17) is 10.5 Å². The molecule has 5 nitrogen and oxygen atoms in total. The van der Waals surface area contributed by atoms with E-state index in [1.54, 1.807) is 30.9 Å². The van der Waals surface area contributed by atoms with Gasteiger partial charge < -0.3 is 15.4 Å². The fourth-order valence-electron chi connectivity index (χ4n) is 4.24. The summed E-state index contributed by atoms with van der Waals surface area (Å²) in [7, 11) is 0. The van der Waals surface area contributed by atoms with E-state index in [2.05, 4.69) is 0 Å². The summed E-state index contributed by atoms with van der Waals surface area (Å²) in [6, 6.07) is 4.22. The molecule has 3 rings (SSSR count). The van der Waals surface area contributed by atoms with Crippen LogP contribution in [0.1, 0.15) is 42.1 Å². The second-order valence-corrected chi connectivity index (χ2v) is 7.38. The summed E-state index contributed by atoms with van der Waals surface area (Å²) < 4.78 is 19.8. The summed E-state index contributed by atoms with van der Waals surface area (Å²) >= 11 is 0. The van der Waals surface area contributed by atoms with Crippen LogP contribution in [0.2, 0.25) is 0 Å². The summed E-state index contributed by atoms with van der Waals surface area (Å²) in [5, 5.41) is 0. The molecule has 150 valence electrons. The van der Waals surface area contributed by atoms with Crippen LogP contribution in [-0.4, -0.2) is 36.0 Å². The number of hydrogen-bond acceptors (Lipinski definition) is 4. The smallest absolute Gasteiger partial charge is 0.311 e. The maximum Gasteiger partial charge on any atom is 0.311 e. The number of rotatable bonds is 4. The zero-order valence-electron chi connectivity index (χ0n) is 16.4. The second-order valence-electron chi connectivity index (χ2n) is 7.38. The zero-order valence-corrected chi connectivity index (χ0v) is 16.4. The lowest BCUT2D eigenvalue weighted by Gasteiger charge is -2.44. The van der Waals surface area contributed by atoms with Gasteiger partial charge in [-0.2, -0.15) is 0 Å². The van der Waals surface area contributed by atoms with Gasteiger partial charge in [0.15, 0.2) is 0 Å². The summed E-state index contributed by atoms with van der Waals surface area (Å²) in [4.78, 5) is 27.7. The van der Waals surface area contributed by atoms with Crippen LogP contribution in [0.3, 0.4) is 0 Å². The molecule has 1 heterocycles. The number of esters is 1. The minimum atomic E-state index is -0.537. The molecule has 0 spiro atoms. The first-order valence-corrected chi connectivity index (χ1v) is 9.80. The number of hydrogen-bond donors (Lipinski definition) is 1. The average molecular weight is 386 g/mol. The Morgan fingerprint density at radius 3 is 2.79 bits per heavy atom. The normalized spacial score (nSPS) is 24.6. The minimum Gasteiger partial charge on any atom is -0.466 e. The van der Waals surface area contributed by atoms with Crippen LogP contribution in [-0.2, 0) is 9.53 Å². The van der Waals surface area contributed by atoms with Crippen molar-refractivity contribution in [2.24, 2.45) is 17.6 Å². The minimum absolute atomic E-state index is 0.0713. The van der Waals surface area contributed by atoms with Gasteiger partial charge in [-0.15, -0.1) is 0 Å². The third kappa shape index (κ3) is 3.96. The maximum absolute atomic E-state index is 14.5. The molecular formula is C22H27FN2O3. The SMILES string of the molecule is CCOC(=O)C1CCCN(C(=O)c2c(C)cccc2F)C1[C@@H]1C=CC(N)=CC1. The molecule has 2 unspecified atom stereocenters. The Bertz CT molecular complexity index is 798. The van der Waals surface area contributed by atoms with Crippen LogP contribution < -0.4 is 5.73 Å². The lowest BCUT2D eigenvalue weighted by molar-refractivity contribution is -0.152. The highest BCUT2D eigenvalue weighted by Gasteiger charge is 2.43. The molecule has 2 aliphatic rings. The van der Waals surface area contributed by atoms with Gasteiger partial charge in [0, 0.05) is 18.2 Å². The number of carbonyl (C=O) groups excluding carboxylic acids is 2. The van der Waals surface area contributed by atoms with Crippen molar-refractivity contribution in [2.45, 2.75) is 39.2 Å². The topological polar surface area (TPSA) is 72.6 Å². The molecule has 1 amide bonds. The number of nitrogens with two attached hydrogens (primary N) is 1. The van der Waals surface area contributed by atoms with Crippen LogP contribution in [0.15, 0.2) is 42.1 Å². The van der Waals surface area contributed by atoms with Crippen molar-refractivity contribution in [2.75, 3.05) is 13.2 Å². The van der Waals surface area contributed by atoms with E-state index in [1.165, 1.54) is 6.07 Å². The Hall–Kier alpha value is -2.63. The molecule has 1 fully saturated rings. The van der Waals surface area contributed by atoms with E-state index in [0.717, 1.165) is 0 Å². The van der Waals surface area contributed by atoms with E-state index >= 15 is 0 Å². The van der Waals surface area contributed by atoms with E-state index in [-0.39, 0.29) is 36.0 Å². The predicted molar refractivity (Wildman–Crippen MR) is 105 cm³/mol. The van der Waals surface area contributed by atoms with Gasteiger partial charge in [0.1, 0.15) is 5.82 Å². The Morgan fingerprint density at radius 2 is 2.14 bits per heavy atom. The molecule has 0 saturated carbocycles. The van der Waals surface area contributed by atoms with E-state index in [9.17, 15) is 14.0 Å². The number of aryl methyl sites for hydroxylation is 1. The molecule has 28 heavy (non-hydrogen) atoms. The number of benzene rings is 1. The fourth-order valence-corrected chi connectivity index (χ4v) is 4.24. The lowest BCUT2D eigenvalue weighted by Crippen LogP contribution is -2.54. The largest absolute Gasteiger partial charge is 0.466 e. The molecule has 1 aromatic rings. The lowest BCUT2D eigenvalue weighted by atomic mass is 9.78. The molecule has 1 aliphatic carbocycles. The highest BCUT2D eigenvalue weighted by atomic mass is 19.1. The van der Waals surface area contributed by atoms with Gasteiger partial charge in [0.05, 0.1) is 24.1 Å². The molecule has 1 aliphatic heterocycles. The number of likely N-dealkylation sites (tertiary alicyclic amines) is 1. The van der Waals surface area contributed by atoms with Crippen molar-refractivity contribution in [1.29, 1.82) is 0 Å². The Kier molecular flexibility index (Phi) is 6.17. The number of halogens is 1. The first-order chi connectivity index (χ1) is 13.4. The number of piperidine rings is 1. The van der Waals surface area contributed by atoms with Crippen molar-refractivity contribution < 1.29 is 18.7 Å². The van der Waals surface area contributed by atoms with Crippen LogP contribution in [0.4, 0.5) is 4.39 Å². The highest BCUT2D eigenvalue weighted by Crippen LogP contribution is 2.35. The first kappa shape index (κ1) is 20.1. The van der Waals surface area contributed by atoms with E-state index in [1.807, 2.05) is 18.2 Å². The van der Waals surface area contributed by atoms with Gasteiger partial charge in [0.2, 0.25) is 0 Å². The number of carbonyl (C=O) groups is 2. The van der Waals surface area contributed by atoms with Gasteiger partial charge in [-0.3, -0.25) is 9.59 Å². The standard InChI is InChI=1S/C22H27FN2O3/c1-3-28-22(27)17-7-5-13-25(20(17)15-9-11-16(24)12-10-15)21(26)19-14(2)6-4-8-18(19)23/h4,6,8-9,11-12,15,17,20H,3,5,7,10,13,24H2,1-2H3/t15-,17?,20?/m1/s1. The van der Waals surface area contributed by atoms with Gasteiger partial charge >= 0.3 is 5.97 Å². The van der Waals surface area contributed by atoms with Gasteiger partial charge in [0.25, 0.3) is 5.91 Å². The van der Waals surface area contributed by atoms with Crippen LogP contribution >= 0.6 is 0 Å². The van der Waals surface area contributed by atoms with Crippen LogP contribution in [0.25, 0.3) is 0 Å². The summed E-state index contributed by atoms with van der Waals surface area (Å²) in [6.07, 6.45) is 7.61. The Balaban J connectivity index is 1.98. The number of nitrogens with zero attached hydrogens (tertiary/aromatic N) is 1. The molecule has 6 heteroatoms. The van der Waals surface area contributed by atoms with Crippen molar-refractivity contribution in [3.8, 4) is 0 Å². The monoisotopic (exact) mass is 386 g/mol. The summed E-state index contributed by atoms with van der Waals surface area (Å²) in [5.74, 6) is -1.72. The molecule has 3 atom stereocenters. The second kappa shape index (κ2) is 8.59. The number of ether oxygens (including phenoxy) is 1. The number of amides is 1. The number of allylic oxidation sites excluding steroid dienone is 2. The van der Waals surface area contributed by atoms with Gasteiger partial charge in [-0.05, 0) is 50.8 Å². The molecule has 1 aromatic carbocycles. The van der Waals surface area contributed by atoms with Crippen LogP contribution in [0, 0.1) is 24.6 Å². The summed E-state index contributed by atoms with van der Waals surface area (Å²) in [6.45, 7) is 4.26. The molecule has 2 N–H and O–H groups in total. The predicted octanol–water partition coefficient (Wildman–Crippen LogP) is 3.34. The molecule has 1 saturated heterocycles. The molecule has 0 aromatic heterocycles. The van der Waals surface area contributed by atoms with E-state index in [0.29, 0.717) is 37.1 Å². The van der Waals surface area contributed by atoms with Crippen LogP contribution in [0.5, 0.6) is 0 Å². The highest BCUT2D eigenvalue weighted by molar-refractivity contribution is 5.96. The zero-order chi connectivity index (χ0) is 20.3. The molecule has 0 bridgehead atoms. The van der Waals surface area contributed by atoms with Gasteiger partial charge in [-0.1, -0.05) is 24.3 Å². The Morgan fingerprint density at radius 1 is 1.36 bits per heavy atom.